The standard InChI is InChI=1S/C13H16N2O3/c1-2-11(16)10-5-3-4-6-12(10)18-9-13(17)15-8-7-14/h3-6,11,16H,2,8-9H2,1H3,(H,15,17)/t11-/m1/s1. The zero-order chi connectivity index (χ0) is 13.4. The van der Waals surface area contributed by atoms with Crippen LogP contribution < -0.4 is 10.1 Å². The van der Waals surface area contributed by atoms with Gasteiger partial charge in [0.05, 0.1) is 12.2 Å². The van der Waals surface area contributed by atoms with E-state index in [1.54, 1.807) is 24.3 Å². The Morgan fingerprint density at radius 3 is 2.94 bits per heavy atom. The molecule has 0 bridgehead atoms. The minimum absolute atomic E-state index is 0.0403. The van der Waals surface area contributed by atoms with Gasteiger partial charge in [-0.05, 0) is 12.5 Å². The van der Waals surface area contributed by atoms with E-state index >= 15 is 0 Å². The maximum absolute atomic E-state index is 11.3. The first-order valence-electron chi connectivity index (χ1n) is 5.72. The Balaban J connectivity index is 2.62. The third-order valence-corrected chi connectivity index (χ3v) is 2.39. The summed E-state index contributed by atoms with van der Waals surface area (Å²) in [5.41, 5.74) is 0.660. The van der Waals surface area contributed by atoms with Crippen LogP contribution in [0.1, 0.15) is 25.0 Å². The summed E-state index contributed by atoms with van der Waals surface area (Å²) in [7, 11) is 0. The number of hydrogen-bond donors (Lipinski definition) is 2. The molecule has 5 nitrogen and oxygen atoms in total. The van der Waals surface area contributed by atoms with Gasteiger partial charge in [-0.25, -0.2) is 0 Å². The topological polar surface area (TPSA) is 82.3 Å². The molecule has 18 heavy (non-hydrogen) atoms. The first-order chi connectivity index (χ1) is 8.69. The van der Waals surface area contributed by atoms with Gasteiger partial charge in [-0.1, -0.05) is 25.1 Å². The number of aliphatic hydroxyl groups is 1. The predicted octanol–water partition coefficient (Wildman–Crippen LogP) is 1.15. The van der Waals surface area contributed by atoms with Gasteiger partial charge < -0.3 is 15.2 Å². The number of nitrogens with one attached hydrogen (secondary N) is 1. The molecule has 0 spiro atoms. The smallest absolute Gasteiger partial charge is 0.258 e. The summed E-state index contributed by atoms with van der Waals surface area (Å²) in [6.07, 6.45) is -0.0376. The molecule has 1 aromatic carbocycles. The van der Waals surface area contributed by atoms with Crippen molar-refractivity contribution in [2.75, 3.05) is 13.2 Å². The van der Waals surface area contributed by atoms with Gasteiger partial charge in [0, 0.05) is 5.56 Å². The average Bonchev–Trinajstić information content (AvgIpc) is 2.42. The van der Waals surface area contributed by atoms with Crippen LogP contribution in [0.3, 0.4) is 0 Å². The quantitative estimate of drug-likeness (QED) is 0.740. The third kappa shape index (κ3) is 4.07. The van der Waals surface area contributed by atoms with Gasteiger partial charge in [-0.3, -0.25) is 4.79 Å². The highest BCUT2D eigenvalue weighted by molar-refractivity contribution is 5.77. The number of amides is 1. The maximum atomic E-state index is 11.3. The van der Waals surface area contributed by atoms with E-state index in [0.717, 1.165) is 0 Å². The molecule has 2 N–H and O–H groups in total. The van der Waals surface area contributed by atoms with Crippen molar-refractivity contribution in [3.8, 4) is 11.8 Å². The highest BCUT2D eigenvalue weighted by atomic mass is 16.5. The van der Waals surface area contributed by atoms with Crippen molar-refractivity contribution >= 4 is 5.91 Å². The van der Waals surface area contributed by atoms with E-state index in [2.05, 4.69) is 5.32 Å². The van der Waals surface area contributed by atoms with Crippen LogP contribution in [0.15, 0.2) is 24.3 Å². The Labute approximate surface area is 106 Å². The van der Waals surface area contributed by atoms with Gasteiger partial charge in [0.2, 0.25) is 0 Å². The van der Waals surface area contributed by atoms with E-state index in [-0.39, 0.29) is 19.1 Å². The molecule has 0 saturated heterocycles. The molecule has 96 valence electrons. The molecule has 0 radical (unpaired) electrons. The molecule has 0 aliphatic carbocycles. The SMILES string of the molecule is CC[C@@H](O)c1ccccc1OCC(=O)NCC#N. The van der Waals surface area contributed by atoms with Crippen molar-refractivity contribution in [3.63, 3.8) is 0 Å². The van der Waals surface area contributed by atoms with E-state index in [1.807, 2.05) is 13.0 Å². The van der Waals surface area contributed by atoms with Crippen LogP contribution in [-0.4, -0.2) is 24.2 Å². The number of carbonyl (C=O) groups excluding carboxylic acids is 1. The van der Waals surface area contributed by atoms with Crippen LogP contribution in [0.2, 0.25) is 0 Å². The average molecular weight is 248 g/mol. The van der Waals surface area contributed by atoms with Crippen molar-refractivity contribution in [2.45, 2.75) is 19.4 Å². The van der Waals surface area contributed by atoms with E-state index in [4.69, 9.17) is 10.00 Å². The lowest BCUT2D eigenvalue weighted by molar-refractivity contribution is -0.122. The van der Waals surface area contributed by atoms with Crippen molar-refractivity contribution < 1.29 is 14.6 Å². The summed E-state index contributed by atoms with van der Waals surface area (Å²) in [4.78, 5) is 11.3. The fourth-order valence-corrected chi connectivity index (χ4v) is 1.44. The number of benzene rings is 1. The van der Waals surface area contributed by atoms with Gasteiger partial charge in [-0.2, -0.15) is 5.26 Å². The van der Waals surface area contributed by atoms with E-state index in [9.17, 15) is 9.90 Å². The molecule has 0 saturated carbocycles. The van der Waals surface area contributed by atoms with Crippen molar-refractivity contribution in [2.24, 2.45) is 0 Å². The highest BCUT2D eigenvalue weighted by Gasteiger charge is 2.12. The lowest BCUT2D eigenvalue weighted by Gasteiger charge is -2.14. The molecule has 1 rings (SSSR count). The molecule has 1 amide bonds. The number of rotatable bonds is 6. The second-order valence-corrected chi connectivity index (χ2v) is 3.69. The second kappa shape index (κ2) is 7.30. The zero-order valence-corrected chi connectivity index (χ0v) is 10.2. The minimum atomic E-state index is -0.608. The number of nitriles is 1. The Kier molecular flexibility index (Phi) is 5.68. The Morgan fingerprint density at radius 1 is 1.56 bits per heavy atom. The third-order valence-electron chi connectivity index (χ3n) is 2.39. The molecule has 1 aromatic rings. The number of para-hydroxylation sites is 1. The maximum Gasteiger partial charge on any atom is 0.258 e. The number of carbonyl (C=O) groups is 1. The second-order valence-electron chi connectivity index (χ2n) is 3.69. The van der Waals surface area contributed by atoms with Crippen LogP contribution in [0, 0.1) is 11.3 Å². The summed E-state index contributed by atoms with van der Waals surface area (Å²) in [5, 5.41) is 20.5. The van der Waals surface area contributed by atoms with Gasteiger partial charge in [0.1, 0.15) is 12.3 Å². The molecule has 0 aromatic heterocycles. The molecular weight excluding hydrogens is 232 g/mol. The largest absolute Gasteiger partial charge is 0.483 e. The summed E-state index contributed by atoms with van der Waals surface area (Å²) in [6, 6.07) is 8.84. The summed E-state index contributed by atoms with van der Waals surface area (Å²) in [6.45, 7) is 1.65. The highest BCUT2D eigenvalue weighted by Crippen LogP contribution is 2.26. The predicted molar refractivity (Wildman–Crippen MR) is 65.8 cm³/mol. The summed E-state index contributed by atoms with van der Waals surface area (Å²) in [5.74, 6) is 0.122. The van der Waals surface area contributed by atoms with Crippen LogP contribution in [0.25, 0.3) is 0 Å². The monoisotopic (exact) mass is 248 g/mol. The van der Waals surface area contributed by atoms with Crippen LogP contribution in [0.4, 0.5) is 0 Å². The number of aliphatic hydroxyl groups excluding tert-OH is 1. The molecular formula is C13H16N2O3. The molecule has 0 heterocycles. The molecule has 0 aliphatic heterocycles. The minimum Gasteiger partial charge on any atom is -0.483 e. The van der Waals surface area contributed by atoms with Crippen molar-refractivity contribution in [3.05, 3.63) is 29.8 Å². The molecule has 0 fully saturated rings. The van der Waals surface area contributed by atoms with Gasteiger partial charge in [0.25, 0.3) is 5.91 Å². The van der Waals surface area contributed by atoms with Crippen molar-refractivity contribution in [1.82, 2.24) is 5.32 Å². The van der Waals surface area contributed by atoms with Gasteiger partial charge >= 0.3 is 0 Å². The van der Waals surface area contributed by atoms with E-state index in [1.165, 1.54) is 0 Å². The Hall–Kier alpha value is -2.06. The summed E-state index contributed by atoms with van der Waals surface area (Å²) >= 11 is 0. The van der Waals surface area contributed by atoms with Crippen LogP contribution >= 0.6 is 0 Å². The molecule has 0 aliphatic rings. The first-order valence-corrected chi connectivity index (χ1v) is 5.72. The Morgan fingerprint density at radius 2 is 2.28 bits per heavy atom. The fraction of sp³-hybridized carbons (Fsp3) is 0.385. The van der Waals surface area contributed by atoms with Crippen molar-refractivity contribution in [1.29, 1.82) is 5.26 Å². The van der Waals surface area contributed by atoms with E-state index in [0.29, 0.717) is 17.7 Å². The van der Waals surface area contributed by atoms with E-state index < -0.39 is 6.10 Å². The first kappa shape index (κ1) is 14.0. The molecule has 5 heteroatoms. The number of ether oxygens (including phenoxy) is 1. The normalized spacial score (nSPS) is 11.4. The molecule has 0 unspecified atom stereocenters. The van der Waals surface area contributed by atoms with Gasteiger partial charge in [-0.15, -0.1) is 0 Å². The number of nitrogens with zero attached hydrogens (tertiary/aromatic N) is 1. The number of hydrogen-bond acceptors (Lipinski definition) is 4. The van der Waals surface area contributed by atoms with Gasteiger partial charge in [0.15, 0.2) is 6.61 Å². The van der Waals surface area contributed by atoms with Crippen LogP contribution in [-0.2, 0) is 4.79 Å². The lowest BCUT2D eigenvalue weighted by Crippen LogP contribution is -2.29. The zero-order valence-electron chi connectivity index (χ0n) is 10.2. The fourth-order valence-electron chi connectivity index (χ4n) is 1.44. The summed E-state index contributed by atoms with van der Waals surface area (Å²) < 4.78 is 5.34. The van der Waals surface area contributed by atoms with Crippen LogP contribution in [0.5, 0.6) is 5.75 Å². The lowest BCUT2D eigenvalue weighted by atomic mass is 10.1. The Bertz CT molecular complexity index is 440. The molecule has 1 atom stereocenters.